The summed E-state index contributed by atoms with van der Waals surface area (Å²) in [6.07, 6.45) is 7.44. The normalized spacial score (nSPS) is 28.8. The van der Waals surface area contributed by atoms with Gasteiger partial charge >= 0.3 is 0 Å². The number of aliphatic hydroxyl groups excluding tert-OH is 1. The van der Waals surface area contributed by atoms with E-state index in [-0.39, 0.29) is 11.5 Å². The summed E-state index contributed by atoms with van der Waals surface area (Å²) in [5.41, 5.74) is 4.30. The predicted molar refractivity (Wildman–Crippen MR) is 80.7 cm³/mol. The standard InChI is InChI=1S/C18H27NO/c1-11-8-14-15(9-18(2,3)10-16(14)20)19(11)17(12-4-5-12)13-6-7-13/h8,12-13,16-17,20H,4-7,9-10H2,1-3H3. The van der Waals surface area contributed by atoms with E-state index in [4.69, 9.17) is 0 Å². The molecular formula is C18H27NO. The van der Waals surface area contributed by atoms with E-state index in [1.54, 1.807) is 0 Å². The maximum atomic E-state index is 10.5. The van der Waals surface area contributed by atoms with Crippen molar-refractivity contribution in [3.63, 3.8) is 0 Å². The lowest BCUT2D eigenvalue weighted by molar-refractivity contribution is 0.0969. The number of hydrogen-bond acceptors (Lipinski definition) is 1. The van der Waals surface area contributed by atoms with Crippen molar-refractivity contribution in [1.82, 2.24) is 4.57 Å². The van der Waals surface area contributed by atoms with Crippen molar-refractivity contribution < 1.29 is 5.11 Å². The van der Waals surface area contributed by atoms with Gasteiger partial charge in [-0.15, -0.1) is 0 Å². The minimum absolute atomic E-state index is 0.229. The van der Waals surface area contributed by atoms with E-state index in [2.05, 4.69) is 31.4 Å². The molecule has 0 spiro atoms. The molecule has 2 saturated carbocycles. The van der Waals surface area contributed by atoms with E-state index in [1.807, 2.05) is 0 Å². The van der Waals surface area contributed by atoms with Crippen LogP contribution in [0.1, 0.15) is 75.0 Å². The molecule has 0 aliphatic heterocycles. The molecule has 0 amide bonds. The topological polar surface area (TPSA) is 25.2 Å². The number of fused-ring (bicyclic) bond motifs is 1. The van der Waals surface area contributed by atoms with Gasteiger partial charge < -0.3 is 9.67 Å². The highest BCUT2D eigenvalue weighted by Crippen LogP contribution is 2.54. The van der Waals surface area contributed by atoms with Crippen LogP contribution < -0.4 is 0 Å². The lowest BCUT2D eigenvalue weighted by atomic mass is 9.75. The fourth-order valence-electron chi connectivity index (χ4n) is 4.46. The summed E-state index contributed by atoms with van der Waals surface area (Å²) in [6.45, 7) is 6.85. The summed E-state index contributed by atoms with van der Waals surface area (Å²) < 4.78 is 2.65. The fraction of sp³-hybridized carbons (Fsp3) is 0.778. The Morgan fingerprint density at radius 3 is 2.35 bits per heavy atom. The van der Waals surface area contributed by atoms with E-state index in [1.165, 1.54) is 42.6 Å². The number of aliphatic hydroxyl groups is 1. The third kappa shape index (κ3) is 2.04. The first kappa shape index (κ1) is 12.9. The maximum absolute atomic E-state index is 10.5. The molecule has 2 heteroatoms. The van der Waals surface area contributed by atoms with Crippen LogP contribution in [-0.2, 0) is 6.42 Å². The number of nitrogens with zero attached hydrogens (tertiary/aromatic N) is 1. The Labute approximate surface area is 122 Å². The molecule has 4 rings (SSSR count). The van der Waals surface area contributed by atoms with Gasteiger partial charge in [0.15, 0.2) is 0 Å². The molecule has 1 aromatic heterocycles. The number of rotatable bonds is 3. The number of aromatic nitrogens is 1. The minimum Gasteiger partial charge on any atom is -0.388 e. The molecule has 0 aromatic carbocycles. The van der Waals surface area contributed by atoms with Crippen molar-refractivity contribution in [2.45, 2.75) is 71.4 Å². The van der Waals surface area contributed by atoms with Crippen molar-refractivity contribution in [2.24, 2.45) is 17.3 Å². The molecule has 20 heavy (non-hydrogen) atoms. The van der Waals surface area contributed by atoms with E-state index < -0.39 is 0 Å². The van der Waals surface area contributed by atoms with Gasteiger partial charge in [0.2, 0.25) is 0 Å². The molecule has 3 aliphatic rings. The van der Waals surface area contributed by atoms with Crippen molar-refractivity contribution in [3.8, 4) is 0 Å². The van der Waals surface area contributed by atoms with Gasteiger partial charge in [0, 0.05) is 23.0 Å². The first-order valence-electron chi connectivity index (χ1n) is 8.35. The molecule has 2 fully saturated rings. The molecule has 1 unspecified atom stereocenters. The Kier molecular flexibility index (Phi) is 2.67. The molecule has 2 nitrogen and oxygen atoms in total. The first-order chi connectivity index (χ1) is 9.46. The number of aryl methyl sites for hydroxylation is 1. The fourth-order valence-corrected chi connectivity index (χ4v) is 4.46. The zero-order chi connectivity index (χ0) is 14.1. The van der Waals surface area contributed by atoms with Crippen LogP contribution in [0.3, 0.4) is 0 Å². The second-order valence-electron chi connectivity index (χ2n) is 8.28. The Balaban J connectivity index is 1.80. The molecule has 1 atom stereocenters. The molecule has 3 aliphatic carbocycles. The van der Waals surface area contributed by atoms with Crippen LogP contribution in [0.2, 0.25) is 0 Å². The van der Waals surface area contributed by atoms with E-state index in [0.717, 1.165) is 30.7 Å². The molecule has 0 radical (unpaired) electrons. The Morgan fingerprint density at radius 2 is 1.80 bits per heavy atom. The SMILES string of the molecule is Cc1cc2c(n1C(C1CC1)C1CC1)CC(C)(C)CC2O. The largest absolute Gasteiger partial charge is 0.388 e. The van der Waals surface area contributed by atoms with Crippen molar-refractivity contribution in [3.05, 3.63) is 23.0 Å². The summed E-state index contributed by atoms with van der Waals surface area (Å²) in [6, 6.07) is 3.01. The Hall–Kier alpha value is -0.760. The zero-order valence-electron chi connectivity index (χ0n) is 13.0. The summed E-state index contributed by atoms with van der Waals surface area (Å²) in [4.78, 5) is 0. The van der Waals surface area contributed by atoms with Gasteiger partial charge in [-0.25, -0.2) is 0 Å². The average Bonchev–Trinajstić information content (AvgIpc) is 3.22. The summed E-state index contributed by atoms with van der Waals surface area (Å²) in [7, 11) is 0. The Bertz CT molecular complexity index is 522. The van der Waals surface area contributed by atoms with Crippen molar-refractivity contribution >= 4 is 0 Å². The average molecular weight is 273 g/mol. The quantitative estimate of drug-likeness (QED) is 0.878. The second kappa shape index (κ2) is 4.13. The van der Waals surface area contributed by atoms with Gasteiger partial charge in [-0.05, 0) is 68.8 Å². The van der Waals surface area contributed by atoms with Crippen LogP contribution in [0, 0.1) is 24.2 Å². The molecule has 1 heterocycles. The predicted octanol–water partition coefficient (Wildman–Crippen LogP) is 4.16. The first-order valence-corrected chi connectivity index (χ1v) is 8.35. The second-order valence-corrected chi connectivity index (χ2v) is 8.28. The molecule has 0 bridgehead atoms. The minimum atomic E-state index is -0.257. The zero-order valence-corrected chi connectivity index (χ0v) is 13.0. The van der Waals surface area contributed by atoms with E-state index in [9.17, 15) is 5.11 Å². The highest BCUT2D eigenvalue weighted by Gasteiger charge is 2.45. The van der Waals surface area contributed by atoms with Gasteiger partial charge in [-0.2, -0.15) is 0 Å². The van der Waals surface area contributed by atoms with Gasteiger partial charge in [0.05, 0.1) is 6.10 Å². The van der Waals surface area contributed by atoms with Crippen LogP contribution in [0.5, 0.6) is 0 Å². The van der Waals surface area contributed by atoms with Crippen LogP contribution >= 0.6 is 0 Å². The van der Waals surface area contributed by atoms with Gasteiger partial charge in [0.1, 0.15) is 0 Å². The Morgan fingerprint density at radius 1 is 1.20 bits per heavy atom. The smallest absolute Gasteiger partial charge is 0.0812 e. The highest BCUT2D eigenvalue weighted by molar-refractivity contribution is 5.34. The summed E-state index contributed by atoms with van der Waals surface area (Å²) in [5, 5.41) is 10.5. The summed E-state index contributed by atoms with van der Waals surface area (Å²) in [5.74, 6) is 1.83. The van der Waals surface area contributed by atoms with Crippen molar-refractivity contribution in [1.29, 1.82) is 0 Å². The molecule has 1 N–H and O–H groups in total. The lowest BCUT2D eigenvalue weighted by Crippen LogP contribution is -2.28. The van der Waals surface area contributed by atoms with Crippen LogP contribution in [0.25, 0.3) is 0 Å². The molecule has 0 saturated heterocycles. The van der Waals surface area contributed by atoms with Gasteiger partial charge in [-0.3, -0.25) is 0 Å². The van der Waals surface area contributed by atoms with Crippen molar-refractivity contribution in [2.75, 3.05) is 0 Å². The summed E-state index contributed by atoms with van der Waals surface area (Å²) >= 11 is 0. The third-order valence-corrected chi connectivity index (χ3v) is 5.63. The van der Waals surface area contributed by atoms with Crippen LogP contribution in [0.15, 0.2) is 6.07 Å². The monoisotopic (exact) mass is 273 g/mol. The third-order valence-electron chi connectivity index (χ3n) is 5.63. The maximum Gasteiger partial charge on any atom is 0.0812 e. The molecule has 110 valence electrons. The van der Waals surface area contributed by atoms with Gasteiger partial charge in [0.25, 0.3) is 0 Å². The number of hydrogen-bond donors (Lipinski definition) is 1. The van der Waals surface area contributed by atoms with E-state index >= 15 is 0 Å². The van der Waals surface area contributed by atoms with E-state index in [0.29, 0.717) is 0 Å². The highest BCUT2D eigenvalue weighted by atomic mass is 16.3. The molecule has 1 aromatic rings. The van der Waals surface area contributed by atoms with Gasteiger partial charge in [-0.1, -0.05) is 13.8 Å². The van der Waals surface area contributed by atoms with Crippen LogP contribution in [-0.4, -0.2) is 9.67 Å². The van der Waals surface area contributed by atoms with Crippen LogP contribution in [0.4, 0.5) is 0 Å². The lowest BCUT2D eigenvalue weighted by Gasteiger charge is -2.35. The molecular weight excluding hydrogens is 246 g/mol.